The van der Waals surface area contributed by atoms with Gasteiger partial charge in [0.2, 0.25) is 9.84 Å². The molecule has 1 heterocycles. The molecule has 1 aliphatic heterocycles. The van der Waals surface area contributed by atoms with Crippen LogP contribution >= 0.6 is 7.94 Å². The van der Waals surface area contributed by atoms with Crippen molar-refractivity contribution in [1.29, 1.82) is 0 Å². The highest BCUT2D eigenvalue weighted by Gasteiger charge is 2.49. The molecule has 29 heavy (non-hydrogen) atoms. The van der Waals surface area contributed by atoms with Crippen LogP contribution in [0.3, 0.4) is 0 Å². The molecule has 0 aromatic heterocycles. The monoisotopic (exact) mass is 426 g/mol. The topological polar surface area (TPSA) is 75.7 Å². The van der Waals surface area contributed by atoms with E-state index in [4.69, 9.17) is 9.05 Å². The van der Waals surface area contributed by atoms with Crippen molar-refractivity contribution in [2.45, 2.75) is 11.8 Å². The van der Waals surface area contributed by atoms with E-state index in [1.807, 2.05) is 6.92 Å². The van der Waals surface area contributed by atoms with Gasteiger partial charge in [-0.25, -0.2) is 8.42 Å². The Morgan fingerprint density at radius 2 is 1.52 bits per heavy atom. The quantitative estimate of drug-likeness (QED) is 0.576. The van der Waals surface area contributed by atoms with E-state index >= 15 is 0 Å². The molecule has 1 atom stereocenters. The van der Waals surface area contributed by atoms with Crippen LogP contribution in [0.15, 0.2) is 83.8 Å². The third kappa shape index (κ3) is 3.38. The molecule has 1 aliphatic rings. The Morgan fingerprint density at radius 1 is 0.897 bits per heavy atom. The SMILES string of the molecule is CO[P+]1([O-])Oc2ccccc2C(S(=O)(=O)c2ccc(C)cc2)=C1c1ccccc1. The zero-order valence-corrected chi connectivity index (χ0v) is 17.6. The molecule has 0 spiro atoms. The standard InChI is InChI=1S/C22H19O5PS/c1-16-12-14-18(15-13-16)29(24,25)22-19-10-6-7-11-20(19)27-28(23,26-2)21(22)17-8-4-3-5-9-17/h3-15H,1-2H3. The van der Waals surface area contributed by atoms with Gasteiger partial charge in [-0.2, -0.15) is 4.52 Å². The summed E-state index contributed by atoms with van der Waals surface area (Å²) in [6.45, 7) is 1.88. The Hall–Kier alpha value is -2.50. The van der Waals surface area contributed by atoms with Crippen molar-refractivity contribution >= 4 is 28.0 Å². The second-order valence-electron chi connectivity index (χ2n) is 6.63. The lowest BCUT2D eigenvalue weighted by molar-refractivity contribution is -0.203. The maximum Gasteiger partial charge on any atom is 0.320 e. The van der Waals surface area contributed by atoms with Gasteiger partial charge in [0.1, 0.15) is 4.91 Å². The van der Waals surface area contributed by atoms with E-state index in [9.17, 15) is 13.3 Å². The van der Waals surface area contributed by atoms with Gasteiger partial charge in [-0.05, 0) is 31.2 Å². The fourth-order valence-electron chi connectivity index (χ4n) is 3.28. The van der Waals surface area contributed by atoms with Crippen LogP contribution < -0.4 is 9.42 Å². The van der Waals surface area contributed by atoms with Crippen molar-refractivity contribution in [1.82, 2.24) is 0 Å². The van der Waals surface area contributed by atoms with Gasteiger partial charge in [-0.3, -0.25) is 0 Å². The molecular formula is C22H19O5PS. The molecule has 4 rings (SSSR count). The van der Waals surface area contributed by atoms with Gasteiger partial charge in [0, 0.05) is 11.1 Å². The van der Waals surface area contributed by atoms with Gasteiger partial charge in [-0.15, -0.1) is 0 Å². The smallest absolute Gasteiger partial charge is 0.320 e. The number of benzene rings is 3. The zero-order chi connectivity index (χ0) is 20.6. The van der Waals surface area contributed by atoms with Crippen molar-refractivity contribution in [3.63, 3.8) is 0 Å². The summed E-state index contributed by atoms with van der Waals surface area (Å²) >= 11 is 0. The fourth-order valence-corrected chi connectivity index (χ4v) is 7.14. The maximum atomic E-state index is 13.8. The lowest BCUT2D eigenvalue weighted by Gasteiger charge is -2.33. The summed E-state index contributed by atoms with van der Waals surface area (Å²) < 4.78 is 38.5. The Kier molecular flexibility index (Phi) is 5.05. The Bertz CT molecular complexity index is 1190. The maximum absolute atomic E-state index is 13.8. The number of rotatable bonds is 4. The highest BCUT2D eigenvalue weighted by Crippen LogP contribution is 2.69. The van der Waals surface area contributed by atoms with Gasteiger partial charge in [0.05, 0.1) is 12.0 Å². The third-order valence-corrected chi connectivity index (χ3v) is 8.68. The normalized spacial score (nSPS) is 18.9. The molecule has 0 saturated carbocycles. The summed E-state index contributed by atoms with van der Waals surface area (Å²) in [7, 11) is -6.71. The van der Waals surface area contributed by atoms with Crippen LogP contribution in [0.5, 0.6) is 5.75 Å². The molecule has 0 fully saturated rings. The Morgan fingerprint density at radius 3 is 2.17 bits per heavy atom. The van der Waals surface area contributed by atoms with E-state index in [2.05, 4.69) is 0 Å². The number of hydrogen-bond donors (Lipinski definition) is 0. The number of sulfone groups is 1. The van der Waals surface area contributed by atoms with Crippen molar-refractivity contribution in [2.24, 2.45) is 0 Å². The first kappa shape index (κ1) is 19.8. The van der Waals surface area contributed by atoms with Crippen LogP contribution in [0, 0.1) is 6.92 Å². The second kappa shape index (κ2) is 7.39. The number of fused-ring (bicyclic) bond motifs is 1. The summed E-state index contributed by atoms with van der Waals surface area (Å²) in [6.07, 6.45) is 0. The van der Waals surface area contributed by atoms with Crippen LogP contribution in [0.25, 0.3) is 10.2 Å². The van der Waals surface area contributed by atoms with E-state index < -0.39 is 17.8 Å². The summed E-state index contributed by atoms with van der Waals surface area (Å²) in [6, 6.07) is 21.9. The molecule has 7 heteroatoms. The number of hydrogen-bond acceptors (Lipinski definition) is 5. The van der Waals surface area contributed by atoms with Crippen LogP contribution in [0.2, 0.25) is 0 Å². The van der Waals surface area contributed by atoms with Gasteiger partial charge < -0.3 is 9.42 Å². The van der Waals surface area contributed by atoms with Gasteiger partial charge in [0.25, 0.3) is 0 Å². The second-order valence-corrected chi connectivity index (χ2v) is 10.5. The molecule has 0 radical (unpaired) electrons. The molecule has 5 nitrogen and oxygen atoms in total. The molecule has 3 aromatic carbocycles. The van der Waals surface area contributed by atoms with E-state index in [1.165, 1.54) is 7.11 Å². The van der Waals surface area contributed by atoms with Crippen LogP contribution in [-0.4, -0.2) is 15.5 Å². The summed E-state index contributed by atoms with van der Waals surface area (Å²) in [5.74, 6) is 0.211. The lowest BCUT2D eigenvalue weighted by atomic mass is 10.1. The predicted octanol–water partition coefficient (Wildman–Crippen LogP) is 4.46. The van der Waals surface area contributed by atoms with Crippen LogP contribution in [-0.2, 0) is 14.4 Å². The average Bonchev–Trinajstić information content (AvgIpc) is 2.73. The van der Waals surface area contributed by atoms with E-state index in [0.29, 0.717) is 11.1 Å². The van der Waals surface area contributed by atoms with Gasteiger partial charge in [0.15, 0.2) is 11.1 Å². The molecule has 0 saturated heterocycles. The van der Waals surface area contributed by atoms with Gasteiger partial charge in [-0.1, -0.05) is 60.2 Å². The highest BCUT2D eigenvalue weighted by atomic mass is 32.2. The largest absolute Gasteiger partial charge is 0.620 e. The molecule has 3 aromatic rings. The molecule has 0 amide bonds. The first-order chi connectivity index (χ1) is 13.9. The zero-order valence-electron chi connectivity index (χ0n) is 15.9. The predicted molar refractivity (Wildman–Crippen MR) is 113 cm³/mol. The van der Waals surface area contributed by atoms with E-state index in [1.54, 1.807) is 78.9 Å². The fraction of sp³-hybridized carbons (Fsp3) is 0.0909. The first-order valence-corrected chi connectivity index (χ1v) is 12.0. The first-order valence-electron chi connectivity index (χ1n) is 8.93. The third-order valence-electron chi connectivity index (χ3n) is 4.73. The summed E-state index contributed by atoms with van der Waals surface area (Å²) in [4.78, 5) is 13.7. The van der Waals surface area contributed by atoms with Crippen molar-refractivity contribution in [2.75, 3.05) is 7.11 Å². The highest BCUT2D eigenvalue weighted by molar-refractivity contribution is 8.02. The Balaban J connectivity index is 2.12. The lowest BCUT2D eigenvalue weighted by Crippen LogP contribution is -2.25. The minimum atomic E-state index is -4.02. The number of aryl methyl sites for hydroxylation is 1. The minimum Gasteiger partial charge on any atom is -0.620 e. The average molecular weight is 426 g/mol. The molecule has 148 valence electrons. The molecular weight excluding hydrogens is 407 g/mol. The van der Waals surface area contributed by atoms with Crippen LogP contribution in [0.1, 0.15) is 16.7 Å². The Labute approximate surface area is 170 Å². The van der Waals surface area contributed by atoms with Crippen molar-refractivity contribution in [3.05, 3.63) is 95.6 Å². The minimum absolute atomic E-state index is 0.0416. The van der Waals surface area contributed by atoms with Gasteiger partial charge >= 0.3 is 7.94 Å². The van der Waals surface area contributed by atoms with E-state index in [-0.39, 0.29) is 20.9 Å². The number of para-hydroxylation sites is 1. The molecule has 0 aliphatic carbocycles. The summed E-state index contributed by atoms with van der Waals surface area (Å²) in [5.41, 5.74) is 1.77. The molecule has 1 unspecified atom stereocenters. The van der Waals surface area contributed by atoms with E-state index in [0.717, 1.165) is 5.56 Å². The molecule has 0 bridgehead atoms. The van der Waals surface area contributed by atoms with Crippen molar-refractivity contribution < 1.29 is 22.4 Å². The van der Waals surface area contributed by atoms with Crippen LogP contribution in [0.4, 0.5) is 0 Å². The molecule has 0 N–H and O–H groups in total. The van der Waals surface area contributed by atoms with Crippen molar-refractivity contribution in [3.8, 4) is 5.75 Å². The summed E-state index contributed by atoms with van der Waals surface area (Å²) in [5, 5.41) is 0.0416.